The average Bonchev–Trinajstić information content (AvgIpc) is 3.37. The van der Waals surface area contributed by atoms with E-state index in [1.54, 1.807) is 48.5 Å². The fourth-order valence-electron chi connectivity index (χ4n) is 3.37. The Bertz CT molecular complexity index is 994. The number of benzene rings is 1. The summed E-state index contributed by atoms with van der Waals surface area (Å²) in [5, 5.41) is 4.93. The second-order valence-corrected chi connectivity index (χ2v) is 8.28. The molecule has 0 bridgehead atoms. The van der Waals surface area contributed by atoms with Crippen molar-refractivity contribution in [3.8, 4) is 5.75 Å². The van der Waals surface area contributed by atoms with Crippen molar-refractivity contribution in [2.45, 2.75) is 25.9 Å². The average molecular weight is 468 g/mol. The number of carbonyl (C=O) groups excluding carboxylic acids is 2. The van der Waals surface area contributed by atoms with Crippen LogP contribution in [0.1, 0.15) is 40.3 Å². The first-order valence-electron chi connectivity index (χ1n) is 10.9. The molecule has 1 N–H and O–H groups in total. The second-order valence-electron chi connectivity index (χ2n) is 7.24. The van der Waals surface area contributed by atoms with Crippen LogP contribution < -0.4 is 10.1 Å². The van der Waals surface area contributed by atoms with Crippen LogP contribution in [-0.2, 0) is 16.1 Å². The largest absolute Gasteiger partial charge is 0.497 e. The second kappa shape index (κ2) is 12.7. The molecule has 1 aromatic carbocycles. The van der Waals surface area contributed by atoms with E-state index in [4.69, 9.17) is 9.47 Å². The van der Waals surface area contributed by atoms with Gasteiger partial charge in [0.15, 0.2) is 0 Å². The van der Waals surface area contributed by atoms with Gasteiger partial charge in [-0.2, -0.15) is 0 Å². The Kier molecular flexibility index (Phi) is 9.41. The topological polar surface area (TPSA) is 80.8 Å². The highest BCUT2D eigenvalue weighted by Gasteiger charge is 2.33. The molecule has 0 unspecified atom stereocenters. The molecule has 1 atom stereocenters. The Morgan fingerprint density at radius 2 is 1.94 bits per heavy atom. The fraction of sp³-hybridized carbons (Fsp3) is 0.320. The molecule has 2 heterocycles. The molecule has 7 nitrogen and oxygen atoms in total. The number of carbonyl (C=O) groups is 2. The summed E-state index contributed by atoms with van der Waals surface area (Å²) in [7, 11) is 1.59. The van der Waals surface area contributed by atoms with Crippen LogP contribution in [0.3, 0.4) is 0 Å². The third-order valence-electron chi connectivity index (χ3n) is 5.01. The van der Waals surface area contributed by atoms with Gasteiger partial charge in [-0.1, -0.05) is 24.3 Å². The van der Waals surface area contributed by atoms with Gasteiger partial charge in [0.05, 0.1) is 13.7 Å². The lowest BCUT2D eigenvalue weighted by atomic mass is 10.0. The van der Waals surface area contributed by atoms with Crippen molar-refractivity contribution in [2.75, 3.05) is 26.9 Å². The van der Waals surface area contributed by atoms with E-state index >= 15 is 0 Å². The summed E-state index contributed by atoms with van der Waals surface area (Å²) in [6.07, 6.45) is 2.26. The number of pyridine rings is 1. The Morgan fingerprint density at radius 1 is 1.12 bits per heavy atom. The lowest BCUT2D eigenvalue weighted by molar-refractivity contribution is -0.126. The summed E-state index contributed by atoms with van der Waals surface area (Å²) in [6, 6.07) is 15.4. The van der Waals surface area contributed by atoms with Crippen LogP contribution in [0.25, 0.3) is 0 Å². The number of nitrogens with zero attached hydrogens (tertiary/aromatic N) is 2. The van der Waals surface area contributed by atoms with E-state index in [0.717, 1.165) is 4.88 Å². The molecule has 3 aromatic rings. The molecule has 2 amide bonds. The minimum absolute atomic E-state index is 0.252. The van der Waals surface area contributed by atoms with Crippen LogP contribution in [0.5, 0.6) is 5.75 Å². The highest BCUT2D eigenvalue weighted by atomic mass is 32.1. The van der Waals surface area contributed by atoms with Crippen molar-refractivity contribution in [1.82, 2.24) is 15.2 Å². The summed E-state index contributed by atoms with van der Waals surface area (Å²) in [6.45, 7) is 3.88. The van der Waals surface area contributed by atoms with Gasteiger partial charge in [-0.3, -0.25) is 14.6 Å². The van der Waals surface area contributed by atoms with Gasteiger partial charge in [0.2, 0.25) is 5.91 Å². The lowest BCUT2D eigenvalue weighted by Crippen LogP contribution is -2.44. The molecule has 0 aliphatic rings. The van der Waals surface area contributed by atoms with Crippen molar-refractivity contribution in [3.63, 3.8) is 0 Å². The van der Waals surface area contributed by atoms with Crippen molar-refractivity contribution >= 4 is 23.2 Å². The first-order valence-corrected chi connectivity index (χ1v) is 11.8. The van der Waals surface area contributed by atoms with E-state index in [0.29, 0.717) is 37.5 Å². The first-order chi connectivity index (χ1) is 16.1. The van der Waals surface area contributed by atoms with Gasteiger partial charge in [-0.15, -0.1) is 11.3 Å². The van der Waals surface area contributed by atoms with E-state index in [2.05, 4.69) is 10.3 Å². The molecule has 0 saturated heterocycles. The van der Waals surface area contributed by atoms with E-state index in [-0.39, 0.29) is 24.1 Å². The number of thiophene rings is 1. The van der Waals surface area contributed by atoms with Gasteiger partial charge in [-0.05, 0) is 54.6 Å². The highest BCUT2D eigenvalue weighted by Crippen LogP contribution is 2.28. The van der Waals surface area contributed by atoms with Crippen molar-refractivity contribution in [2.24, 2.45) is 0 Å². The van der Waals surface area contributed by atoms with Gasteiger partial charge in [-0.25, -0.2) is 0 Å². The maximum Gasteiger partial charge on any atom is 0.273 e. The Hall–Kier alpha value is -3.23. The molecule has 33 heavy (non-hydrogen) atoms. The molecule has 2 aromatic heterocycles. The summed E-state index contributed by atoms with van der Waals surface area (Å²) >= 11 is 1.54. The molecule has 174 valence electrons. The maximum absolute atomic E-state index is 13.6. The van der Waals surface area contributed by atoms with E-state index in [1.165, 1.54) is 11.3 Å². The number of ether oxygens (including phenoxy) is 2. The number of amides is 2. The lowest BCUT2D eigenvalue weighted by Gasteiger charge is -2.31. The van der Waals surface area contributed by atoms with Crippen molar-refractivity contribution in [3.05, 3.63) is 82.3 Å². The SMILES string of the molecule is CCOCCCNC(=O)[C@H](c1ccc(OC)cc1)N(Cc1cccs1)C(=O)c1ccccn1. The molecule has 0 saturated carbocycles. The quantitative estimate of drug-likeness (QED) is 0.406. The number of nitrogens with one attached hydrogen (secondary N) is 1. The van der Waals surface area contributed by atoms with E-state index < -0.39 is 6.04 Å². The normalized spacial score (nSPS) is 11.6. The molecule has 0 aliphatic heterocycles. The summed E-state index contributed by atoms with van der Waals surface area (Å²) in [5.41, 5.74) is 0.982. The number of hydrogen-bond acceptors (Lipinski definition) is 6. The van der Waals surface area contributed by atoms with Crippen LogP contribution in [0.15, 0.2) is 66.2 Å². The van der Waals surface area contributed by atoms with Gasteiger partial charge in [0.25, 0.3) is 5.91 Å². The minimum Gasteiger partial charge on any atom is -0.497 e. The maximum atomic E-state index is 13.6. The zero-order valence-corrected chi connectivity index (χ0v) is 19.7. The molecule has 0 radical (unpaired) electrons. The Labute approximate surface area is 198 Å². The highest BCUT2D eigenvalue weighted by molar-refractivity contribution is 7.09. The van der Waals surface area contributed by atoms with Crippen LogP contribution in [0.4, 0.5) is 0 Å². The smallest absolute Gasteiger partial charge is 0.273 e. The van der Waals surface area contributed by atoms with E-state index in [1.807, 2.05) is 36.6 Å². The minimum atomic E-state index is -0.834. The van der Waals surface area contributed by atoms with Crippen LogP contribution >= 0.6 is 11.3 Å². The number of methoxy groups -OCH3 is 1. The standard InChI is InChI=1S/C25H29N3O4S/c1-3-32-16-7-15-27-24(29)23(19-10-12-20(31-2)13-11-19)28(18-21-8-6-17-33-21)25(30)22-9-4-5-14-26-22/h4-6,8-14,17,23H,3,7,15-16,18H2,1-2H3,(H,27,29)/t23-/m0/s1. The molecule has 8 heteroatoms. The van der Waals surface area contributed by atoms with Crippen molar-refractivity contribution < 1.29 is 19.1 Å². The summed E-state index contributed by atoms with van der Waals surface area (Å²) < 4.78 is 10.6. The molecular weight excluding hydrogens is 438 g/mol. The Balaban J connectivity index is 1.94. The van der Waals surface area contributed by atoms with Crippen LogP contribution in [0, 0.1) is 0 Å². The number of hydrogen-bond donors (Lipinski definition) is 1. The van der Waals surface area contributed by atoms with Crippen LogP contribution in [-0.4, -0.2) is 48.6 Å². The van der Waals surface area contributed by atoms with Gasteiger partial charge >= 0.3 is 0 Å². The third kappa shape index (κ3) is 6.87. The summed E-state index contributed by atoms with van der Waals surface area (Å²) in [4.78, 5) is 33.8. The first kappa shape index (κ1) is 24.4. The monoisotopic (exact) mass is 467 g/mol. The van der Waals surface area contributed by atoms with Crippen molar-refractivity contribution in [1.29, 1.82) is 0 Å². The summed E-state index contributed by atoms with van der Waals surface area (Å²) in [5.74, 6) is 0.113. The fourth-order valence-corrected chi connectivity index (χ4v) is 4.08. The zero-order chi connectivity index (χ0) is 23.5. The van der Waals surface area contributed by atoms with Gasteiger partial charge < -0.3 is 19.7 Å². The molecular formula is C25H29N3O4S. The molecule has 0 aliphatic carbocycles. The van der Waals surface area contributed by atoms with Gasteiger partial charge in [0.1, 0.15) is 17.5 Å². The molecule has 0 spiro atoms. The van der Waals surface area contributed by atoms with Gasteiger partial charge in [0, 0.05) is 30.8 Å². The van der Waals surface area contributed by atoms with Crippen LogP contribution in [0.2, 0.25) is 0 Å². The van der Waals surface area contributed by atoms with E-state index in [9.17, 15) is 9.59 Å². The molecule has 3 rings (SSSR count). The zero-order valence-electron chi connectivity index (χ0n) is 18.9. The number of rotatable bonds is 12. The Morgan fingerprint density at radius 3 is 2.58 bits per heavy atom. The number of aromatic nitrogens is 1. The predicted octanol–water partition coefficient (Wildman–Crippen LogP) is 4.08. The third-order valence-corrected chi connectivity index (χ3v) is 5.87. The molecule has 0 fully saturated rings. The predicted molar refractivity (Wildman–Crippen MR) is 128 cm³/mol.